The highest BCUT2D eigenvalue weighted by molar-refractivity contribution is 6.29. The Kier molecular flexibility index (Phi) is 3.34. The van der Waals surface area contributed by atoms with Crippen LogP contribution in [0.1, 0.15) is 27.1 Å². The molecule has 0 fully saturated rings. The summed E-state index contributed by atoms with van der Waals surface area (Å²) in [5.41, 5.74) is 0.702. The number of nitrogens with zero attached hydrogens (tertiary/aromatic N) is 1. The third kappa shape index (κ3) is 2.09. The van der Waals surface area contributed by atoms with Crippen molar-refractivity contribution in [3.8, 4) is 0 Å². The predicted octanol–water partition coefficient (Wildman–Crippen LogP) is 1.36. The molecule has 1 aromatic rings. The lowest BCUT2D eigenvalue weighted by Gasteiger charge is -2.14. The fraction of sp³-hybridized carbons (Fsp3) is 0.250. The number of halogens is 1. The van der Waals surface area contributed by atoms with Gasteiger partial charge in [-0.25, -0.2) is 0 Å². The van der Waals surface area contributed by atoms with Crippen LogP contribution < -0.4 is 0 Å². The molecule has 94 valence electrons. The summed E-state index contributed by atoms with van der Waals surface area (Å²) in [6.07, 6.45) is 0.0301. The van der Waals surface area contributed by atoms with Gasteiger partial charge in [0, 0.05) is 6.54 Å². The fourth-order valence-electron chi connectivity index (χ4n) is 1.81. The number of fused-ring (bicyclic) bond motifs is 1. The van der Waals surface area contributed by atoms with Crippen molar-refractivity contribution in [1.82, 2.24) is 4.90 Å². The van der Waals surface area contributed by atoms with Crippen LogP contribution in [0.3, 0.4) is 0 Å². The van der Waals surface area contributed by atoms with Gasteiger partial charge in [0.05, 0.1) is 11.1 Å². The van der Waals surface area contributed by atoms with Gasteiger partial charge in [-0.15, -0.1) is 11.6 Å². The van der Waals surface area contributed by atoms with Crippen molar-refractivity contribution in [1.29, 1.82) is 0 Å². The minimum Gasteiger partial charge on any atom is -0.480 e. The molecule has 1 atom stereocenters. The van der Waals surface area contributed by atoms with E-state index in [1.165, 1.54) is 0 Å². The molecule has 1 heterocycles. The number of amides is 2. The zero-order chi connectivity index (χ0) is 13.3. The zero-order valence-electron chi connectivity index (χ0n) is 9.30. The SMILES string of the molecule is O=C(O)C(Cl)CCN1C(=O)c2ccccc2C1=O. The molecule has 2 rings (SSSR count). The molecule has 18 heavy (non-hydrogen) atoms. The molecule has 5 nitrogen and oxygen atoms in total. The number of alkyl halides is 1. The van der Waals surface area contributed by atoms with Crippen molar-refractivity contribution in [2.45, 2.75) is 11.8 Å². The van der Waals surface area contributed by atoms with Crippen LogP contribution in [-0.2, 0) is 4.79 Å². The second-order valence-corrected chi connectivity index (χ2v) is 4.43. The van der Waals surface area contributed by atoms with Gasteiger partial charge in [-0.05, 0) is 18.6 Å². The Morgan fingerprint density at radius 2 is 1.72 bits per heavy atom. The molecule has 0 aromatic heterocycles. The lowest BCUT2D eigenvalue weighted by molar-refractivity contribution is -0.136. The van der Waals surface area contributed by atoms with Gasteiger partial charge in [0.15, 0.2) is 0 Å². The highest BCUT2D eigenvalue weighted by Gasteiger charge is 2.35. The van der Waals surface area contributed by atoms with Gasteiger partial charge in [-0.3, -0.25) is 19.3 Å². The molecule has 2 amide bonds. The summed E-state index contributed by atoms with van der Waals surface area (Å²) in [6.45, 7) is 0.00676. The highest BCUT2D eigenvalue weighted by atomic mass is 35.5. The van der Waals surface area contributed by atoms with Crippen LogP contribution in [0.25, 0.3) is 0 Å². The number of imide groups is 1. The number of hydrogen-bond donors (Lipinski definition) is 1. The van der Waals surface area contributed by atoms with E-state index < -0.39 is 23.2 Å². The maximum Gasteiger partial charge on any atom is 0.321 e. The zero-order valence-corrected chi connectivity index (χ0v) is 10.1. The average Bonchev–Trinajstić information content (AvgIpc) is 2.60. The van der Waals surface area contributed by atoms with E-state index in [0.717, 1.165) is 4.90 Å². The first-order valence-electron chi connectivity index (χ1n) is 5.34. The normalized spacial score (nSPS) is 15.7. The first-order chi connectivity index (χ1) is 8.52. The Labute approximate surface area is 108 Å². The van der Waals surface area contributed by atoms with Gasteiger partial charge in [-0.1, -0.05) is 12.1 Å². The van der Waals surface area contributed by atoms with Gasteiger partial charge in [0.25, 0.3) is 11.8 Å². The molecule has 6 heteroatoms. The van der Waals surface area contributed by atoms with Crippen molar-refractivity contribution < 1.29 is 19.5 Å². The lowest BCUT2D eigenvalue weighted by Crippen LogP contribution is -2.33. The molecule has 0 radical (unpaired) electrons. The number of carboxylic acid groups (broad SMARTS) is 1. The van der Waals surface area contributed by atoms with Crippen LogP contribution in [0, 0.1) is 0 Å². The van der Waals surface area contributed by atoms with E-state index >= 15 is 0 Å². The summed E-state index contributed by atoms with van der Waals surface area (Å²) in [4.78, 5) is 35.4. The lowest BCUT2D eigenvalue weighted by atomic mass is 10.1. The summed E-state index contributed by atoms with van der Waals surface area (Å²) in [5, 5.41) is 7.54. The minimum atomic E-state index is -1.16. The first-order valence-corrected chi connectivity index (χ1v) is 5.78. The smallest absolute Gasteiger partial charge is 0.321 e. The number of carboxylic acids is 1. The van der Waals surface area contributed by atoms with E-state index in [2.05, 4.69) is 0 Å². The maximum absolute atomic E-state index is 11.9. The molecule has 0 spiro atoms. The van der Waals surface area contributed by atoms with Crippen LogP contribution in [0.5, 0.6) is 0 Å². The quantitative estimate of drug-likeness (QED) is 0.660. The number of carbonyl (C=O) groups excluding carboxylic acids is 2. The third-order valence-electron chi connectivity index (χ3n) is 2.75. The van der Waals surface area contributed by atoms with Crippen molar-refractivity contribution in [3.05, 3.63) is 35.4 Å². The Morgan fingerprint density at radius 1 is 1.22 bits per heavy atom. The van der Waals surface area contributed by atoms with E-state index in [1.54, 1.807) is 24.3 Å². The topological polar surface area (TPSA) is 74.7 Å². The molecule has 1 aromatic carbocycles. The van der Waals surface area contributed by atoms with E-state index in [9.17, 15) is 14.4 Å². The van der Waals surface area contributed by atoms with E-state index in [0.29, 0.717) is 11.1 Å². The molecular formula is C12H10ClNO4. The second-order valence-electron chi connectivity index (χ2n) is 3.90. The van der Waals surface area contributed by atoms with Crippen molar-refractivity contribution in [2.75, 3.05) is 6.54 Å². The van der Waals surface area contributed by atoms with Gasteiger partial charge in [-0.2, -0.15) is 0 Å². The van der Waals surface area contributed by atoms with Gasteiger partial charge in [0.2, 0.25) is 0 Å². The highest BCUT2D eigenvalue weighted by Crippen LogP contribution is 2.22. The van der Waals surface area contributed by atoms with E-state index in [1.807, 2.05) is 0 Å². The monoisotopic (exact) mass is 267 g/mol. The molecule has 1 unspecified atom stereocenters. The summed E-state index contributed by atoms with van der Waals surface area (Å²) in [6, 6.07) is 6.50. The second kappa shape index (κ2) is 4.78. The number of rotatable bonds is 4. The van der Waals surface area contributed by atoms with E-state index in [4.69, 9.17) is 16.7 Å². The molecule has 0 aliphatic carbocycles. The van der Waals surface area contributed by atoms with Gasteiger partial charge < -0.3 is 5.11 Å². The molecule has 0 bridgehead atoms. The molecule has 1 aliphatic rings. The van der Waals surface area contributed by atoms with Crippen molar-refractivity contribution >= 4 is 29.4 Å². The fourth-order valence-corrected chi connectivity index (χ4v) is 1.91. The van der Waals surface area contributed by atoms with Gasteiger partial charge >= 0.3 is 5.97 Å². The first kappa shape index (κ1) is 12.6. The standard InChI is InChI=1S/C12H10ClNO4/c13-9(12(17)18)5-6-14-10(15)7-3-1-2-4-8(7)11(14)16/h1-4,9H,5-6H2,(H,17,18). The summed E-state index contributed by atoms with van der Waals surface area (Å²) >= 11 is 5.55. The van der Waals surface area contributed by atoms with Crippen molar-refractivity contribution in [3.63, 3.8) is 0 Å². The largest absolute Gasteiger partial charge is 0.480 e. The molecule has 0 saturated carbocycles. The predicted molar refractivity (Wildman–Crippen MR) is 63.7 cm³/mol. The van der Waals surface area contributed by atoms with Crippen LogP contribution in [0.2, 0.25) is 0 Å². The third-order valence-corrected chi connectivity index (χ3v) is 3.16. The van der Waals surface area contributed by atoms with Crippen LogP contribution >= 0.6 is 11.6 Å². The van der Waals surface area contributed by atoms with Crippen LogP contribution in [-0.4, -0.2) is 39.7 Å². The minimum absolute atomic E-state index is 0.00676. The number of hydrogen-bond acceptors (Lipinski definition) is 3. The summed E-state index contributed by atoms with van der Waals surface area (Å²) in [7, 11) is 0. The summed E-state index contributed by atoms with van der Waals surface area (Å²) in [5.74, 6) is -1.96. The Hall–Kier alpha value is -1.88. The number of benzene rings is 1. The molecule has 1 N–H and O–H groups in total. The molecule has 0 saturated heterocycles. The van der Waals surface area contributed by atoms with Crippen molar-refractivity contribution in [2.24, 2.45) is 0 Å². The summed E-state index contributed by atoms with van der Waals surface area (Å²) < 4.78 is 0. The van der Waals surface area contributed by atoms with Crippen LogP contribution in [0.15, 0.2) is 24.3 Å². The van der Waals surface area contributed by atoms with Gasteiger partial charge in [0.1, 0.15) is 5.38 Å². The Balaban J connectivity index is 2.12. The Morgan fingerprint density at radius 3 is 2.17 bits per heavy atom. The molecule has 1 aliphatic heterocycles. The van der Waals surface area contributed by atoms with E-state index in [-0.39, 0.29) is 13.0 Å². The number of aliphatic carboxylic acids is 1. The number of carbonyl (C=O) groups is 3. The average molecular weight is 268 g/mol. The molecular weight excluding hydrogens is 258 g/mol. The Bertz CT molecular complexity index is 494. The maximum atomic E-state index is 11.9. The van der Waals surface area contributed by atoms with Crippen LogP contribution in [0.4, 0.5) is 0 Å².